The third-order valence-electron chi connectivity index (χ3n) is 6.05. The van der Waals surface area contributed by atoms with Crippen LogP contribution < -0.4 is 5.32 Å². The fraction of sp³-hybridized carbons (Fsp3) is 0.348. The zero-order valence-corrected chi connectivity index (χ0v) is 18.3. The Bertz CT molecular complexity index is 1140. The van der Waals surface area contributed by atoms with Gasteiger partial charge in [-0.05, 0) is 38.5 Å². The van der Waals surface area contributed by atoms with Crippen molar-refractivity contribution >= 4 is 18.6 Å². The Labute approximate surface area is 193 Å². The lowest BCUT2D eigenvalue weighted by Gasteiger charge is -2.34. The molecule has 1 aromatic carbocycles. The maximum absolute atomic E-state index is 13.5. The minimum absolute atomic E-state index is 0.0336. The monoisotopic (exact) mass is 474 g/mol. The number of aromatic nitrogens is 2. The molecule has 3 unspecified atom stereocenters. The Morgan fingerprint density at radius 3 is 2.59 bits per heavy atom. The number of piperidine rings is 1. The molecule has 1 N–H and O–H groups in total. The van der Waals surface area contributed by atoms with Crippen LogP contribution in [-0.4, -0.2) is 58.3 Å². The first kappa shape index (κ1) is 23.5. The molecule has 1 saturated heterocycles. The smallest absolute Gasteiger partial charge is 0.349 e. The molecule has 2 fully saturated rings. The van der Waals surface area contributed by atoms with E-state index in [1.54, 1.807) is 29.2 Å². The minimum Gasteiger partial charge on any atom is -0.349 e. The second-order valence-electron chi connectivity index (χ2n) is 8.30. The van der Waals surface area contributed by atoms with E-state index in [9.17, 15) is 22.4 Å². The number of benzene rings is 1. The Morgan fingerprint density at radius 2 is 1.94 bits per heavy atom. The molecular formula is C23H22F4N6O. The summed E-state index contributed by atoms with van der Waals surface area (Å²) in [7, 11) is 0. The van der Waals surface area contributed by atoms with Crippen LogP contribution in [0.15, 0.2) is 58.4 Å². The molecule has 1 saturated carbocycles. The summed E-state index contributed by atoms with van der Waals surface area (Å²) in [6.45, 7) is 4.86. The summed E-state index contributed by atoms with van der Waals surface area (Å²) in [4.78, 5) is 30.7. The number of alkyl halides is 3. The highest BCUT2D eigenvalue weighted by atomic mass is 19.4. The SMILES string of the molecule is C=N/C(=N\C=C(/C)C(F)(F)F)NC1CC2CC1N(C(=O)c1ccccc1-c1ncc(F)cn1)C2. The largest absolute Gasteiger partial charge is 0.413 e. The molecule has 2 heterocycles. The molecule has 7 nitrogen and oxygen atoms in total. The highest BCUT2D eigenvalue weighted by Gasteiger charge is 2.47. The van der Waals surface area contributed by atoms with Crippen molar-refractivity contribution in [2.45, 2.75) is 38.0 Å². The summed E-state index contributed by atoms with van der Waals surface area (Å²) in [5.41, 5.74) is 0.0160. The van der Waals surface area contributed by atoms with Gasteiger partial charge < -0.3 is 10.2 Å². The molecule has 1 amide bonds. The molecule has 0 radical (unpaired) electrons. The number of nitrogens with zero attached hydrogens (tertiary/aromatic N) is 5. The van der Waals surface area contributed by atoms with Crippen LogP contribution in [0.5, 0.6) is 0 Å². The fourth-order valence-electron chi connectivity index (χ4n) is 4.41. The van der Waals surface area contributed by atoms with Crippen LogP contribution >= 0.6 is 0 Å². The summed E-state index contributed by atoms with van der Waals surface area (Å²) in [5, 5.41) is 3.04. The quantitative estimate of drug-likeness (QED) is 0.413. The van der Waals surface area contributed by atoms with Gasteiger partial charge >= 0.3 is 6.18 Å². The maximum Gasteiger partial charge on any atom is 0.413 e. The number of guanidine groups is 1. The zero-order valence-electron chi connectivity index (χ0n) is 18.3. The van der Waals surface area contributed by atoms with Crippen LogP contribution in [0, 0.1) is 11.7 Å². The van der Waals surface area contributed by atoms with E-state index in [-0.39, 0.29) is 35.7 Å². The first-order valence-electron chi connectivity index (χ1n) is 10.6. The second-order valence-corrected chi connectivity index (χ2v) is 8.30. The Morgan fingerprint density at radius 1 is 1.24 bits per heavy atom. The van der Waals surface area contributed by atoms with E-state index in [2.05, 4.69) is 32.0 Å². The van der Waals surface area contributed by atoms with Gasteiger partial charge in [-0.2, -0.15) is 13.2 Å². The van der Waals surface area contributed by atoms with E-state index in [4.69, 9.17) is 0 Å². The van der Waals surface area contributed by atoms with Crippen molar-refractivity contribution in [1.29, 1.82) is 0 Å². The van der Waals surface area contributed by atoms with Gasteiger partial charge in [0, 0.05) is 29.9 Å². The molecular weight excluding hydrogens is 452 g/mol. The van der Waals surface area contributed by atoms with Crippen molar-refractivity contribution in [3.05, 3.63) is 59.8 Å². The number of fused-ring (bicyclic) bond motifs is 2. The zero-order chi connectivity index (χ0) is 24.5. The number of hydrogen-bond acceptors (Lipinski definition) is 4. The predicted octanol–water partition coefficient (Wildman–Crippen LogP) is 4.00. The standard InChI is InChI=1S/C23H22F4N6O/c1-13(23(25,26)27)9-31-22(28-2)32-18-7-14-8-19(18)33(12-14)21(34)17-6-4-3-5-16(17)20-29-10-15(24)11-30-20/h3-6,9-11,14,18-19H,2,7-8,12H2,1H3,(H,31,32)/b13-9+. The maximum atomic E-state index is 13.5. The van der Waals surface area contributed by atoms with Crippen molar-refractivity contribution in [3.8, 4) is 11.4 Å². The third kappa shape index (κ3) is 4.82. The molecule has 11 heteroatoms. The van der Waals surface area contributed by atoms with E-state index < -0.39 is 17.6 Å². The highest BCUT2D eigenvalue weighted by molar-refractivity contribution is 6.00. The van der Waals surface area contributed by atoms with E-state index in [1.807, 2.05) is 0 Å². The van der Waals surface area contributed by atoms with Gasteiger partial charge in [-0.15, -0.1) is 0 Å². The van der Waals surface area contributed by atoms with E-state index >= 15 is 0 Å². The number of rotatable bonds is 4. The lowest BCUT2D eigenvalue weighted by atomic mass is 10.0. The minimum atomic E-state index is -4.48. The fourth-order valence-corrected chi connectivity index (χ4v) is 4.41. The summed E-state index contributed by atoms with van der Waals surface area (Å²) in [6, 6.07) is 6.41. The van der Waals surface area contributed by atoms with Crippen LogP contribution in [0.3, 0.4) is 0 Å². The van der Waals surface area contributed by atoms with Crippen LogP contribution in [0.1, 0.15) is 30.1 Å². The lowest BCUT2D eigenvalue weighted by Crippen LogP contribution is -2.51. The van der Waals surface area contributed by atoms with Crippen molar-refractivity contribution in [2.24, 2.45) is 15.9 Å². The number of carbonyl (C=O) groups is 1. The summed E-state index contributed by atoms with van der Waals surface area (Å²) < 4.78 is 51.4. The number of aliphatic imine (C=N–C) groups is 2. The Balaban J connectivity index is 1.54. The van der Waals surface area contributed by atoms with Gasteiger partial charge in [-0.1, -0.05) is 18.2 Å². The lowest BCUT2D eigenvalue weighted by molar-refractivity contribution is -0.0914. The van der Waals surface area contributed by atoms with Crippen LogP contribution in [-0.2, 0) is 0 Å². The number of likely N-dealkylation sites (tertiary alicyclic amines) is 1. The molecule has 1 aromatic heterocycles. The van der Waals surface area contributed by atoms with Crippen molar-refractivity contribution in [1.82, 2.24) is 20.2 Å². The Hall–Kier alpha value is -3.63. The molecule has 1 aliphatic heterocycles. The van der Waals surface area contributed by atoms with Gasteiger partial charge in [-0.25, -0.2) is 24.3 Å². The average Bonchev–Trinajstić information content (AvgIpc) is 3.41. The molecule has 2 aliphatic rings. The van der Waals surface area contributed by atoms with E-state index in [0.29, 0.717) is 23.9 Å². The van der Waals surface area contributed by atoms with Crippen LogP contribution in [0.25, 0.3) is 11.4 Å². The van der Waals surface area contributed by atoms with Gasteiger partial charge in [-0.3, -0.25) is 4.79 Å². The molecule has 1 aliphatic carbocycles. The number of allylic oxidation sites excluding steroid dienone is 1. The number of nitrogens with one attached hydrogen (secondary N) is 1. The molecule has 2 aromatic rings. The van der Waals surface area contributed by atoms with E-state index in [1.165, 1.54) is 0 Å². The van der Waals surface area contributed by atoms with Gasteiger partial charge in [0.15, 0.2) is 11.6 Å². The first-order chi connectivity index (χ1) is 16.2. The summed E-state index contributed by atoms with van der Waals surface area (Å²) in [5.74, 6) is -0.360. The second kappa shape index (κ2) is 9.32. The van der Waals surface area contributed by atoms with Crippen molar-refractivity contribution in [2.75, 3.05) is 6.54 Å². The van der Waals surface area contributed by atoms with Gasteiger partial charge in [0.2, 0.25) is 5.96 Å². The van der Waals surface area contributed by atoms with Gasteiger partial charge in [0.25, 0.3) is 5.91 Å². The molecule has 178 valence electrons. The number of hydrogen-bond donors (Lipinski definition) is 1. The summed E-state index contributed by atoms with van der Waals surface area (Å²) in [6.07, 6.45) is -0.216. The number of amides is 1. The third-order valence-corrected chi connectivity index (χ3v) is 6.05. The number of halogens is 4. The van der Waals surface area contributed by atoms with Crippen molar-refractivity contribution < 1.29 is 22.4 Å². The highest BCUT2D eigenvalue weighted by Crippen LogP contribution is 2.39. The van der Waals surface area contributed by atoms with Gasteiger partial charge in [0.1, 0.15) is 0 Å². The topological polar surface area (TPSA) is 82.8 Å². The molecule has 0 spiro atoms. The first-order valence-corrected chi connectivity index (χ1v) is 10.6. The normalized spacial score (nSPS) is 22.7. The molecule has 4 rings (SSSR count). The Kier molecular flexibility index (Phi) is 6.45. The van der Waals surface area contributed by atoms with Gasteiger partial charge in [0.05, 0.1) is 24.0 Å². The molecule has 2 bridgehead atoms. The molecule has 34 heavy (non-hydrogen) atoms. The predicted molar refractivity (Wildman–Crippen MR) is 119 cm³/mol. The van der Waals surface area contributed by atoms with Crippen molar-refractivity contribution in [3.63, 3.8) is 0 Å². The molecule has 3 atom stereocenters. The van der Waals surface area contributed by atoms with Crippen LogP contribution in [0.2, 0.25) is 0 Å². The van der Waals surface area contributed by atoms with E-state index in [0.717, 1.165) is 32.2 Å². The average molecular weight is 474 g/mol. The number of carbonyl (C=O) groups excluding carboxylic acids is 1. The van der Waals surface area contributed by atoms with Crippen LogP contribution in [0.4, 0.5) is 17.6 Å². The summed E-state index contributed by atoms with van der Waals surface area (Å²) >= 11 is 0.